The molecule has 0 fully saturated rings. The van der Waals surface area contributed by atoms with Gasteiger partial charge in [0, 0.05) is 18.4 Å². The molecule has 0 spiro atoms. The van der Waals surface area contributed by atoms with E-state index in [9.17, 15) is 0 Å². The van der Waals surface area contributed by atoms with E-state index >= 15 is 0 Å². The maximum Gasteiger partial charge on any atom is 0.122 e. The molecule has 0 saturated carbocycles. The van der Waals surface area contributed by atoms with Crippen molar-refractivity contribution >= 4 is 0 Å². The lowest BCUT2D eigenvalue weighted by molar-refractivity contribution is 0.429. The molecule has 0 bridgehead atoms. The Morgan fingerprint density at radius 2 is 2.12 bits per heavy atom. The predicted octanol–water partition coefficient (Wildman–Crippen LogP) is 3.42. The number of aromatic amines is 1. The van der Waals surface area contributed by atoms with Crippen LogP contribution in [0.5, 0.6) is 0 Å². The Bertz CT molecular complexity index is 256. The summed E-state index contributed by atoms with van der Waals surface area (Å²) in [6.07, 6.45) is 10.3. The van der Waals surface area contributed by atoms with Crippen LogP contribution in [0.3, 0.4) is 0 Å². The van der Waals surface area contributed by atoms with Gasteiger partial charge in [-0.2, -0.15) is 0 Å². The third-order valence-electron chi connectivity index (χ3n) is 2.95. The molecule has 0 amide bonds. The second-order valence-electron chi connectivity index (χ2n) is 4.61. The first kappa shape index (κ1) is 13.2. The molecule has 0 aromatic carbocycles. The molecule has 3 nitrogen and oxygen atoms in total. The smallest absolute Gasteiger partial charge is 0.122 e. The van der Waals surface area contributed by atoms with Crippen molar-refractivity contribution in [3.8, 4) is 0 Å². The number of rotatable bonds is 8. The molecule has 3 heteroatoms. The zero-order valence-electron chi connectivity index (χ0n) is 10.8. The Morgan fingerprint density at radius 1 is 1.31 bits per heavy atom. The van der Waals surface area contributed by atoms with Crippen LogP contribution in [-0.2, 0) is 0 Å². The van der Waals surface area contributed by atoms with E-state index in [1.54, 1.807) is 6.20 Å². The molecule has 0 aliphatic heterocycles. The van der Waals surface area contributed by atoms with Crippen LogP contribution in [-0.4, -0.2) is 16.0 Å². The molecule has 0 radical (unpaired) electrons. The molecule has 92 valence electrons. The van der Waals surface area contributed by atoms with Gasteiger partial charge in [0.05, 0.1) is 6.04 Å². The summed E-state index contributed by atoms with van der Waals surface area (Å²) in [4.78, 5) is 7.41. The fourth-order valence-electron chi connectivity index (χ4n) is 1.98. The van der Waals surface area contributed by atoms with Gasteiger partial charge in [0.25, 0.3) is 0 Å². The predicted molar refractivity (Wildman–Crippen MR) is 68.4 cm³/mol. The summed E-state index contributed by atoms with van der Waals surface area (Å²) < 4.78 is 0. The van der Waals surface area contributed by atoms with Crippen molar-refractivity contribution in [3.63, 3.8) is 0 Å². The summed E-state index contributed by atoms with van der Waals surface area (Å²) in [6, 6.07) is 0.883. The maximum absolute atomic E-state index is 4.26. The highest BCUT2D eigenvalue weighted by Gasteiger charge is 2.10. The normalized spacial score (nSPS) is 14.9. The molecule has 1 heterocycles. The number of nitrogens with zero attached hydrogens (tertiary/aromatic N) is 1. The highest BCUT2D eigenvalue weighted by Crippen LogP contribution is 2.10. The molecule has 2 unspecified atom stereocenters. The zero-order valence-corrected chi connectivity index (χ0v) is 10.8. The van der Waals surface area contributed by atoms with Crippen molar-refractivity contribution in [2.75, 3.05) is 0 Å². The van der Waals surface area contributed by atoms with Crippen LogP contribution in [0.25, 0.3) is 0 Å². The molecule has 1 aromatic rings. The van der Waals surface area contributed by atoms with Gasteiger partial charge in [0.2, 0.25) is 0 Å². The Morgan fingerprint density at radius 3 is 2.75 bits per heavy atom. The fourth-order valence-corrected chi connectivity index (χ4v) is 1.98. The zero-order chi connectivity index (χ0) is 11.8. The molecule has 16 heavy (non-hydrogen) atoms. The van der Waals surface area contributed by atoms with Crippen LogP contribution in [0.4, 0.5) is 0 Å². The highest BCUT2D eigenvalue weighted by atomic mass is 15.0. The van der Waals surface area contributed by atoms with Gasteiger partial charge in [-0.3, -0.25) is 0 Å². The molecule has 0 saturated heterocycles. The molecule has 0 aliphatic rings. The molecule has 1 aromatic heterocycles. The Hall–Kier alpha value is -0.830. The second kappa shape index (κ2) is 7.44. The average molecular weight is 223 g/mol. The summed E-state index contributed by atoms with van der Waals surface area (Å²) in [5.74, 6) is 1.03. The van der Waals surface area contributed by atoms with Gasteiger partial charge in [0.1, 0.15) is 5.82 Å². The first-order valence-corrected chi connectivity index (χ1v) is 6.49. The minimum atomic E-state index is 0.316. The lowest BCUT2D eigenvalue weighted by atomic mass is 10.1. The molecule has 1 rings (SSSR count). The first-order valence-electron chi connectivity index (χ1n) is 6.49. The number of hydrogen-bond donors (Lipinski definition) is 2. The topological polar surface area (TPSA) is 40.7 Å². The van der Waals surface area contributed by atoms with E-state index < -0.39 is 0 Å². The lowest BCUT2D eigenvalue weighted by Crippen LogP contribution is -2.29. The molecule has 2 atom stereocenters. The summed E-state index contributed by atoms with van der Waals surface area (Å²) in [5, 5.41) is 3.57. The monoisotopic (exact) mass is 223 g/mol. The standard InChI is InChI=1S/C13H25N3/c1-4-5-6-7-8-11(2)16-12(3)13-14-9-10-15-13/h9-12,16H,4-8H2,1-3H3,(H,14,15). The van der Waals surface area contributed by atoms with Crippen LogP contribution in [0, 0.1) is 0 Å². The van der Waals surface area contributed by atoms with Crippen LogP contribution in [0.1, 0.15) is 64.7 Å². The average Bonchev–Trinajstić information content (AvgIpc) is 2.77. The van der Waals surface area contributed by atoms with E-state index in [-0.39, 0.29) is 0 Å². The maximum atomic E-state index is 4.26. The van der Waals surface area contributed by atoms with Gasteiger partial charge in [-0.25, -0.2) is 4.98 Å². The van der Waals surface area contributed by atoms with Crippen molar-refractivity contribution in [2.45, 2.75) is 65.0 Å². The highest BCUT2D eigenvalue weighted by molar-refractivity contribution is 4.94. The lowest BCUT2D eigenvalue weighted by Gasteiger charge is -2.18. The third-order valence-corrected chi connectivity index (χ3v) is 2.95. The quantitative estimate of drug-likeness (QED) is 0.663. The summed E-state index contributed by atoms with van der Waals surface area (Å²) in [5.41, 5.74) is 0. The van der Waals surface area contributed by atoms with Gasteiger partial charge in [-0.05, 0) is 20.3 Å². The van der Waals surface area contributed by atoms with Crippen LogP contribution in [0.15, 0.2) is 12.4 Å². The first-order chi connectivity index (χ1) is 7.74. The van der Waals surface area contributed by atoms with Crippen LogP contribution < -0.4 is 5.32 Å². The van der Waals surface area contributed by atoms with Crippen molar-refractivity contribution in [1.29, 1.82) is 0 Å². The summed E-state index contributed by atoms with van der Waals surface area (Å²) in [7, 11) is 0. The third kappa shape index (κ3) is 4.79. The molecule has 0 aliphatic carbocycles. The Kier molecular flexibility index (Phi) is 6.16. The Balaban J connectivity index is 2.16. The van der Waals surface area contributed by atoms with E-state index in [0.29, 0.717) is 12.1 Å². The number of aromatic nitrogens is 2. The van der Waals surface area contributed by atoms with E-state index in [1.807, 2.05) is 6.20 Å². The summed E-state index contributed by atoms with van der Waals surface area (Å²) in [6.45, 7) is 6.66. The van der Waals surface area contributed by atoms with Gasteiger partial charge in [-0.15, -0.1) is 0 Å². The van der Waals surface area contributed by atoms with Crippen molar-refractivity contribution in [1.82, 2.24) is 15.3 Å². The van der Waals surface area contributed by atoms with Crippen LogP contribution >= 0.6 is 0 Å². The van der Waals surface area contributed by atoms with Gasteiger partial charge < -0.3 is 10.3 Å². The molecular formula is C13H25N3. The second-order valence-corrected chi connectivity index (χ2v) is 4.61. The van der Waals surface area contributed by atoms with E-state index in [1.165, 1.54) is 32.1 Å². The van der Waals surface area contributed by atoms with Gasteiger partial charge in [-0.1, -0.05) is 32.6 Å². The summed E-state index contributed by atoms with van der Waals surface area (Å²) >= 11 is 0. The minimum absolute atomic E-state index is 0.316. The van der Waals surface area contributed by atoms with Crippen molar-refractivity contribution in [3.05, 3.63) is 18.2 Å². The number of hydrogen-bond acceptors (Lipinski definition) is 2. The van der Waals surface area contributed by atoms with Crippen LogP contribution in [0.2, 0.25) is 0 Å². The Labute approximate surface area is 99.1 Å². The van der Waals surface area contributed by atoms with Gasteiger partial charge in [0.15, 0.2) is 0 Å². The van der Waals surface area contributed by atoms with Crippen molar-refractivity contribution < 1.29 is 0 Å². The van der Waals surface area contributed by atoms with Crippen molar-refractivity contribution in [2.24, 2.45) is 0 Å². The SMILES string of the molecule is CCCCCCC(C)NC(C)c1ncc[nH]1. The number of H-pyrrole nitrogens is 1. The van der Waals surface area contributed by atoms with Gasteiger partial charge >= 0.3 is 0 Å². The fraction of sp³-hybridized carbons (Fsp3) is 0.769. The molecule has 2 N–H and O–H groups in total. The van der Waals surface area contributed by atoms with E-state index in [2.05, 4.69) is 36.1 Å². The minimum Gasteiger partial charge on any atom is -0.347 e. The van der Waals surface area contributed by atoms with E-state index in [0.717, 1.165) is 5.82 Å². The number of nitrogens with one attached hydrogen (secondary N) is 2. The molecular weight excluding hydrogens is 198 g/mol. The number of imidazole rings is 1. The number of unbranched alkanes of at least 4 members (excludes halogenated alkanes) is 3. The van der Waals surface area contributed by atoms with E-state index in [4.69, 9.17) is 0 Å². The largest absolute Gasteiger partial charge is 0.347 e.